The van der Waals surface area contributed by atoms with E-state index in [0.717, 1.165) is 0 Å². The molecule has 0 unspecified atom stereocenters. The zero-order valence-corrected chi connectivity index (χ0v) is 8.85. The molecule has 0 aromatic carbocycles. The van der Waals surface area contributed by atoms with E-state index in [-0.39, 0.29) is 6.03 Å². The van der Waals surface area contributed by atoms with Gasteiger partial charge < -0.3 is 20.7 Å². The molecule has 0 radical (unpaired) electrons. The van der Waals surface area contributed by atoms with E-state index in [1.807, 2.05) is 0 Å². The summed E-state index contributed by atoms with van der Waals surface area (Å²) in [5.74, 6) is 0. The minimum atomic E-state index is -0.152. The Kier molecular flexibility index (Phi) is 3.21. The van der Waals surface area contributed by atoms with Crippen molar-refractivity contribution in [3.63, 3.8) is 0 Å². The first-order valence-electron chi connectivity index (χ1n) is 5.10. The SMILES string of the molecule is Nc1cnccc1NC(=O)N1CCOCC1. The van der Waals surface area contributed by atoms with E-state index in [1.54, 1.807) is 17.2 Å². The summed E-state index contributed by atoms with van der Waals surface area (Å²) in [5, 5.41) is 2.75. The molecule has 1 aromatic rings. The van der Waals surface area contributed by atoms with Gasteiger partial charge in [-0.05, 0) is 6.07 Å². The van der Waals surface area contributed by atoms with Gasteiger partial charge in [0.05, 0.1) is 30.8 Å². The number of amides is 2. The molecule has 1 aliphatic rings. The summed E-state index contributed by atoms with van der Waals surface area (Å²) in [4.78, 5) is 17.4. The number of nitrogen functional groups attached to an aromatic ring is 1. The third-order valence-electron chi connectivity index (χ3n) is 2.39. The first-order valence-corrected chi connectivity index (χ1v) is 5.10. The number of hydrogen-bond donors (Lipinski definition) is 2. The third-order valence-corrected chi connectivity index (χ3v) is 2.39. The number of pyridine rings is 1. The average Bonchev–Trinajstić information content (AvgIpc) is 2.33. The van der Waals surface area contributed by atoms with E-state index in [9.17, 15) is 4.79 Å². The highest BCUT2D eigenvalue weighted by Crippen LogP contribution is 2.15. The molecule has 1 fully saturated rings. The molecule has 3 N–H and O–H groups in total. The highest BCUT2D eigenvalue weighted by atomic mass is 16.5. The summed E-state index contributed by atoms with van der Waals surface area (Å²) >= 11 is 0. The van der Waals surface area contributed by atoms with Gasteiger partial charge in [-0.2, -0.15) is 0 Å². The lowest BCUT2D eigenvalue weighted by Gasteiger charge is -2.27. The molecule has 0 spiro atoms. The second-order valence-corrected chi connectivity index (χ2v) is 3.49. The Labute approximate surface area is 93.4 Å². The smallest absolute Gasteiger partial charge is 0.322 e. The fraction of sp³-hybridized carbons (Fsp3) is 0.400. The Balaban J connectivity index is 1.99. The summed E-state index contributed by atoms with van der Waals surface area (Å²) in [5.41, 5.74) is 6.73. The van der Waals surface area contributed by atoms with Gasteiger partial charge in [-0.1, -0.05) is 0 Å². The zero-order valence-electron chi connectivity index (χ0n) is 8.85. The van der Waals surface area contributed by atoms with Crippen LogP contribution in [0.25, 0.3) is 0 Å². The van der Waals surface area contributed by atoms with E-state index in [0.29, 0.717) is 37.7 Å². The lowest BCUT2D eigenvalue weighted by atomic mass is 10.3. The molecule has 1 aromatic heterocycles. The van der Waals surface area contributed by atoms with Crippen molar-refractivity contribution in [1.82, 2.24) is 9.88 Å². The Bertz CT molecular complexity index is 377. The maximum absolute atomic E-state index is 11.8. The quantitative estimate of drug-likeness (QED) is 0.726. The maximum Gasteiger partial charge on any atom is 0.322 e. The van der Waals surface area contributed by atoms with Crippen molar-refractivity contribution in [3.05, 3.63) is 18.5 Å². The first kappa shape index (κ1) is 10.7. The van der Waals surface area contributed by atoms with Crippen LogP contribution in [0.5, 0.6) is 0 Å². The van der Waals surface area contributed by atoms with Gasteiger partial charge in [-0.3, -0.25) is 4.98 Å². The van der Waals surface area contributed by atoms with Gasteiger partial charge in [0.2, 0.25) is 0 Å². The van der Waals surface area contributed by atoms with Gasteiger partial charge in [-0.15, -0.1) is 0 Å². The topological polar surface area (TPSA) is 80.5 Å². The highest BCUT2D eigenvalue weighted by molar-refractivity contribution is 5.92. The van der Waals surface area contributed by atoms with Crippen molar-refractivity contribution >= 4 is 17.4 Å². The molecule has 6 nitrogen and oxygen atoms in total. The molecule has 16 heavy (non-hydrogen) atoms. The average molecular weight is 222 g/mol. The fourth-order valence-electron chi connectivity index (χ4n) is 1.48. The van der Waals surface area contributed by atoms with E-state index in [2.05, 4.69) is 10.3 Å². The van der Waals surface area contributed by atoms with E-state index in [1.165, 1.54) is 6.20 Å². The Hall–Kier alpha value is -1.82. The van der Waals surface area contributed by atoms with E-state index < -0.39 is 0 Å². The molecule has 0 aliphatic carbocycles. The predicted molar refractivity (Wildman–Crippen MR) is 60.1 cm³/mol. The number of aromatic nitrogens is 1. The molecular formula is C10H14N4O2. The van der Waals surface area contributed by atoms with Crippen LogP contribution in [0.1, 0.15) is 0 Å². The summed E-state index contributed by atoms with van der Waals surface area (Å²) in [7, 11) is 0. The van der Waals surface area contributed by atoms with Crippen molar-refractivity contribution in [2.24, 2.45) is 0 Å². The van der Waals surface area contributed by atoms with E-state index >= 15 is 0 Å². The van der Waals surface area contributed by atoms with Crippen molar-refractivity contribution in [3.8, 4) is 0 Å². The Morgan fingerprint density at radius 1 is 1.50 bits per heavy atom. The van der Waals surface area contributed by atoms with Crippen molar-refractivity contribution in [2.45, 2.75) is 0 Å². The molecule has 0 saturated carbocycles. The second kappa shape index (κ2) is 4.80. The lowest BCUT2D eigenvalue weighted by molar-refractivity contribution is 0.0564. The summed E-state index contributed by atoms with van der Waals surface area (Å²) in [6.07, 6.45) is 3.10. The molecule has 2 amide bonds. The van der Waals surface area contributed by atoms with Crippen LogP contribution in [0.4, 0.5) is 16.2 Å². The standard InChI is InChI=1S/C10H14N4O2/c11-8-7-12-2-1-9(8)13-10(15)14-3-5-16-6-4-14/h1-2,7H,3-6,11H2,(H,12,13,15). The number of nitrogens with two attached hydrogens (primary N) is 1. The van der Waals surface area contributed by atoms with Crippen LogP contribution in [-0.2, 0) is 4.74 Å². The fourth-order valence-corrected chi connectivity index (χ4v) is 1.48. The number of carbonyl (C=O) groups is 1. The lowest BCUT2D eigenvalue weighted by Crippen LogP contribution is -2.43. The third kappa shape index (κ3) is 2.40. The molecule has 2 heterocycles. The monoisotopic (exact) mass is 222 g/mol. The predicted octanol–water partition coefficient (Wildman–Crippen LogP) is 0.528. The van der Waals surface area contributed by atoms with Gasteiger partial charge in [0.1, 0.15) is 0 Å². The van der Waals surface area contributed by atoms with Crippen molar-refractivity contribution in [1.29, 1.82) is 0 Å². The van der Waals surface area contributed by atoms with Crippen LogP contribution in [0.15, 0.2) is 18.5 Å². The van der Waals surface area contributed by atoms with Gasteiger partial charge >= 0.3 is 6.03 Å². The summed E-state index contributed by atoms with van der Waals surface area (Å²) in [6.45, 7) is 2.38. The van der Waals surface area contributed by atoms with Gasteiger partial charge in [0.25, 0.3) is 0 Å². The zero-order chi connectivity index (χ0) is 11.4. The van der Waals surface area contributed by atoms with Crippen LogP contribution in [0.2, 0.25) is 0 Å². The van der Waals surface area contributed by atoms with E-state index in [4.69, 9.17) is 10.5 Å². The second-order valence-electron chi connectivity index (χ2n) is 3.49. The van der Waals surface area contributed by atoms with Gasteiger partial charge in [0, 0.05) is 19.3 Å². The molecule has 86 valence electrons. The Morgan fingerprint density at radius 2 is 2.25 bits per heavy atom. The molecule has 6 heteroatoms. The molecule has 1 aliphatic heterocycles. The van der Waals surface area contributed by atoms with Crippen LogP contribution in [0, 0.1) is 0 Å². The van der Waals surface area contributed by atoms with Gasteiger partial charge in [-0.25, -0.2) is 4.79 Å². The normalized spacial score (nSPS) is 15.9. The molecule has 0 bridgehead atoms. The minimum absolute atomic E-state index is 0.152. The summed E-state index contributed by atoms with van der Waals surface area (Å²) in [6, 6.07) is 1.52. The maximum atomic E-state index is 11.8. The number of ether oxygens (including phenoxy) is 1. The number of nitrogens with one attached hydrogen (secondary N) is 1. The number of urea groups is 1. The molecule has 2 rings (SSSR count). The van der Waals surface area contributed by atoms with Crippen LogP contribution in [-0.4, -0.2) is 42.2 Å². The number of carbonyl (C=O) groups excluding carboxylic acids is 1. The molecule has 1 saturated heterocycles. The van der Waals surface area contributed by atoms with Crippen molar-refractivity contribution < 1.29 is 9.53 Å². The summed E-state index contributed by atoms with van der Waals surface area (Å²) < 4.78 is 5.17. The number of nitrogens with zero attached hydrogens (tertiary/aromatic N) is 2. The molecular weight excluding hydrogens is 208 g/mol. The molecule has 0 atom stereocenters. The number of anilines is 2. The Morgan fingerprint density at radius 3 is 2.94 bits per heavy atom. The number of morpholine rings is 1. The highest BCUT2D eigenvalue weighted by Gasteiger charge is 2.17. The van der Waals surface area contributed by atoms with Crippen molar-refractivity contribution in [2.75, 3.05) is 37.4 Å². The minimum Gasteiger partial charge on any atom is -0.396 e. The first-order chi connectivity index (χ1) is 7.77. The van der Waals surface area contributed by atoms with Crippen LogP contribution >= 0.6 is 0 Å². The van der Waals surface area contributed by atoms with Crippen LogP contribution < -0.4 is 11.1 Å². The van der Waals surface area contributed by atoms with Gasteiger partial charge in [0.15, 0.2) is 0 Å². The number of rotatable bonds is 1. The number of hydrogen-bond acceptors (Lipinski definition) is 4. The largest absolute Gasteiger partial charge is 0.396 e. The van der Waals surface area contributed by atoms with Crippen LogP contribution in [0.3, 0.4) is 0 Å².